The number of benzene rings is 2. The van der Waals surface area contributed by atoms with Crippen LogP contribution in [0.4, 0.5) is 0 Å². The topological polar surface area (TPSA) is 36.9 Å². The molecule has 2 aromatic rings. The Morgan fingerprint density at radius 2 is 0.964 bits per heavy atom. The highest BCUT2D eigenvalue weighted by molar-refractivity contribution is 5.29. The summed E-state index contributed by atoms with van der Waals surface area (Å²) in [6.45, 7) is 17.5. The lowest BCUT2D eigenvalue weighted by atomic mass is 10.0. The van der Waals surface area contributed by atoms with E-state index in [0.717, 1.165) is 56.4 Å². The zero-order valence-corrected chi connectivity index (χ0v) is 35.6. The highest BCUT2D eigenvalue weighted by Crippen LogP contribution is 2.18. The Bertz CT molecular complexity index is 1340. The van der Waals surface area contributed by atoms with E-state index in [2.05, 4.69) is 119 Å². The van der Waals surface area contributed by atoms with Gasteiger partial charge in [-0.2, -0.15) is 0 Å². The van der Waals surface area contributed by atoms with E-state index >= 15 is 0 Å². The first-order valence-corrected chi connectivity index (χ1v) is 21.7. The number of unbranched alkanes of at least 4 members (excludes halogenated alkanes) is 10. The van der Waals surface area contributed by atoms with Gasteiger partial charge in [-0.05, 0) is 126 Å². The van der Waals surface area contributed by atoms with Gasteiger partial charge < -0.3 is 18.9 Å². The summed E-state index contributed by atoms with van der Waals surface area (Å²) in [5.41, 5.74) is 2.72. The van der Waals surface area contributed by atoms with E-state index in [0.29, 0.717) is 32.5 Å². The van der Waals surface area contributed by atoms with E-state index < -0.39 is 0 Å². The van der Waals surface area contributed by atoms with Crippen LogP contribution in [-0.2, 0) is 22.3 Å². The molecule has 310 valence electrons. The molecular formula is C52H78O4. The first kappa shape index (κ1) is 50.0. The van der Waals surface area contributed by atoms with Gasteiger partial charge in [0.05, 0.1) is 19.0 Å². The summed E-state index contributed by atoms with van der Waals surface area (Å²) in [6.07, 6.45) is 46.2. The number of aryl methyl sites for hydroxylation is 2. The van der Waals surface area contributed by atoms with Crippen LogP contribution in [0, 0.1) is 0 Å². The number of ether oxygens (including phenoxy) is 4. The maximum Gasteiger partial charge on any atom is 0.122 e. The second-order valence-corrected chi connectivity index (χ2v) is 14.1. The highest BCUT2D eigenvalue weighted by Gasteiger charge is 2.01. The van der Waals surface area contributed by atoms with Gasteiger partial charge in [0.1, 0.15) is 31.3 Å². The molecule has 0 radical (unpaired) electrons. The van der Waals surface area contributed by atoms with Crippen LogP contribution in [0.5, 0.6) is 11.5 Å². The smallest absolute Gasteiger partial charge is 0.122 e. The van der Waals surface area contributed by atoms with Gasteiger partial charge in [0.15, 0.2) is 0 Å². The quantitative estimate of drug-likeness (QED) is 0.0398. The summed E-state index contributed by atoms with van der Waals surface area (Å²) in [7, 11) is 0. The van der Waals surface area contributed by atoms with Crippen LogP contribution in [0.15, 0.2) is 135 Å². The van der Waals surface area contributed by atoms with Crippen molar-refractivity contribution in [2.75, 3.05) is 26.4 Å². The number of hydrogen-bond acceptors (Lipinski definition) is 4. The molecule has 56 heavy (non-hydrogen) atoms. The highest BCUT2D eigenvalue weighted by atomic mass is 16.5. The van der Waals surface area contributed by atoms with E-state index in [1.807, 2.05) is 24.3 Å². The van der Waals surface area contributed by atoms with Crippen LogP contribution in [0.3, 0.4) is 0 Å². The molecule has 0 aromatic heterocycles. The fourth-order valence-electron chi connectivity index (χ4n) is 5.81. The summed E-state index contributed by atoms with van der Waals surface area (Å²) < 4.78 is 22.2. The Balaban J connectivity index is 0.000000561. The van der Waals surface area contributed by atoms with Crippen LogP contribution in [0.1, 0.15) is 134 Å². The maximum atomic E-state index is 5.82. The minimum Gasteiger partial charge on any atom is -0.498 e. The predicted molar refractivity (Wildman–Crippen MR) is 244 cm³/mol. The first-order valence-electron chi connectivity index (χ1n) is 21.7. The molecule has 0 bridgehead atoms. The molecule has 2 rings (SSSR count). The molecule has 0 saturated carbocycles. The lowest BCUT2D eigenvalue weighted by molar-refractivity contribution is 0.0426. The predicted octanol–water partition coefficient (Wildman–Crippen LogP) is 15.0. The van der Waals surface area contributed by atoms with E-state index in [4.69, 9.17) is 18.9 Å². The van der Waals surface area contributed by atoms with Gasteiger partial charge in [-0.3, -0.25) is 0 Å². The molecule has 0 aliphatic carbocycles. The summed E-state index contributed by atoms with van der Waals surface area (Å²) in [4.78, 5) is 0. The van der Waals surface area contributed by atoms with Crippen LogP contribution < -0.4 is 9.47 Å². The summed E-state index contributed by atoms with van der Waals surface area (Å²) in [6, 6.07) is 16.9. The van der Waals surface area contributed by atoms with Crippen LogP contribution >= 0.6 is 0 Å². The van der Waals surface area contributed by atoms with Crippen molar-refractivity contribution in [2.24, 2.45) is 0 Å². The molecule has 0 saturated heterocycles. The third-order valence-corrected chi connectivity index (χ3v) is 9.20. The standard InChI is InChI=1S/C27H42O2.C25H36O2/c1-4-6-7-8-9-10-11-12-13-14-15-16-17-19-26-20-18-21-27(24-26)29-23-22-28-25(3)5-2;1-3-5-6-7-8-9-10-11-12-13-14-15-16-18-24-19-17-20-25(23-24)27-22-21-26-4-2/h4,7-8,10-11,18,20-21,24-25H,1,5-6,9,12-17,19,22-23H2,2-3H3;3-4,6-7,9-10,17,19-20,23H,1-2,5,8,11-16,18,21-22H2/b8-7-,11-10-;7-6-,10-9-. The largest absolute Gasteiger partial charge is 0.498 e. The van der Waals surface area contributed by atoms with Crippen LogP contribution in [0.25, 0.3) is 0 Å². The Kier molecular flexibility index (Phi) is 35.0. The van der Waals surface area contributed by atoms with Crippen molar-refractivity contribution in [1.29, 1.82) is 0 Å². The Labute approximate surface area is 344 Å². The second kappa shape index (κ2) is 39.2. The molecule has 4 nitrogen and oxygen atoms in total. The average molecular weight is 767 g/mol. The Hall–Kier alpha value is -4.02. The van der Waals surface area contributed by atoms with Gasteiger partial charge in [-0.15, -0.1) is 13.2 Å². The number of allylic oxidation sites excluding steroid dienone is 10. The second-order valence-electron chi connectivity index (χ2n) is 14.1. The SMILES string of the molecule is C=CC/C=C\C/C=C\CCCCCCCc1cccc(OCCOC(C)CC)c1.C=CC/C=C\C/C=C\CCCCCCCc1cccc(OCCOC=C)c1. The normalized spacial score (nSPS) is 11.9. The molecule has 0 N–H and O–H groups in total. The zero-order chi connectivity index (χ0) is 40.4. The van der Waals surface area contributed by atoms with E-state index in [-0.39, 0.29) is 0 Å². The molecule has 0 amide bonds. The van der Waals surface area contributed by atoms with Crippen molar-refractivity contribution in [3.8, 4) is 11.5 Å². The van der Waals surface area contributed by atoms with E-state index in [1.54, 1.807) is 0 Å². The lowest BCUT2D eigenvalue weighted by Crippen LogP contribution is -2.13. The third-order valence-electron chi connectivity index (χ3n) is 9.20. The van der Waals surface area contributed by atoms with Gasteiger partial charge in [-0.1, -0.05) is 137 Å². The fourth-order valence-corrected chi connectivity index (χ4v) is 5.81. The van der Waals surface area contributed by atoms with Crippen LogP contribution in [-0.4, -0.2) is 32.5 Å². The number of rotatable bonds is 35. The molecule has 0 spiro atoms. The maximum absolute atomic E-state index is 5.82. The van der Waals surface area contributed by atoms with Gasteiger partial charge in [-0.25, -0.2) is 0 Å². The molecule has 0 aliphatic heterocycles. The first-order chi connectivity index (χ1) is 27.6. The van der Waals surface area contributed by atoms with Gasteiger partial charge in [0.25, 0.3) is 0 Å². The van der Waals surface area contributed by atoms with Gasteiger partial charge in [0, 0.05) is 0 Å². The minimum atomic E-state index is 0.311. The summed E-state index contributed by atoms with van der Waals surface area (Å²) in [5.74, 6) is 1.88. The molecule has 4 heteroatoms. The summed E-state index contributed by atoms with van der Waals surface area (Å²) in [5, 5.41) is 0. The zero-order valence-electron chi connectivity index (χ0n) is 35.6. The van der Waals surface area contributed by atoms with Crippen molar-refractivity contribution in [3.63, 3.8) is 0 Å². The van der Waals surface area contributed by atoms with Crippen molar-refractivity contribution in [3.05, 3.63) is 146 Å². The minimum absolute atomic E-state index is 0.311. The molecule has 1 unspecified atom stereocenters. The molecule has 0 heterocycles. The van der Waals surface area contributed by atoms with E-state index in [1.165, 1.54) is 94.4 Å². The van der Waals surface area contributed by atoms with Crippen molar-refractivity contribution in [2.45, 2.75) is 142 Å². The van der Waals surface area contributed by atoms with Crippen molar-refractivity contribution < 1.29 is 18.9 Å². The fraction of sp³-hybridized carbons (Fsp3) is 0.500. The molecular weight excluding hydrogens is 689 g/mol. The molecule has 2 aromatic carbocycles. The van der Waals surface area contributed by atoms with Gasteiger partial charge >= 0.3 is 0 Å². The van der Waals surface area contributed by atoms with Crippen molar-refractivity contribution >= 4 is 0 Å². The van der Waals surface area contributed by atoms with Gasteiger partial charge in [0.2, 0.25) is 0 Å². The molecule has 0 fully saturated rings. The van der Waals surface area contributed by atoms with Crippen molar-refractivity contribution in [1.82, 2.24) is 0 Å². The summed E-state index contributed by atoms with van der Waals surface area (Å²) >= 11 is 0. The number of hydrogen-bond donors (Lipinski definition) is 0. The molecule has 1 atom stereocenters. The lowest BCUT2D eigenvalue weighted by Gasteiger charge is -2.12. The molecule has 0 aliphatic rings. The van der Waals surface area contributed by atoms with Crippen LogP contribution in [0.2, 0.25) is 0 Å². The average Bonchev–Trinajstić information content (AvgIpc) is 3.22. The van der Waals surface area contributed by atoms with E-state index in [9.17, 15) is 0 Å². The monoisotopic (exact) mass is 767 g/mol. The Morgan fingerprint density at radius 1 is 0.518 bits per heavy atom. The Morgan fingerprint density at radius 3 is 1.45 bits per heavy atom. The third kappa shape index (κ3) is 32.2.